The molecule has 4 nitrogen and oxygen atoms in total. The van der Waals surface area contributed by atoms with Crippen molar-refractivity contribution in [2.75, 3.05) is 25.0 Å². The predicted molar refractivity (Wildman–Crippen MR) is 70.5 cm³/mol. The van der Waals surface area contributed by atoms with Crippen LogP contribution in [0.2, 0.25) is 0 Å². The molecule has 4 heterocycles. The molecule has 6 heteroatoms. The van der Waals surface area contributed by atoms with Crippen molar-refractivity contribution in [1.82, 2.24) is 10.1 Å². The maximum absolute atomic E-state index is 13.6. The zero-order valence-corrected chi connectivity index (χ0v) is 10.9. The van der Waals surface area contributed by atoms with Crippen molar-refractivity contribution in [2.24, 2.45) is 5.92 Å². The van der Waals surface area contributed by atoms with E-state index in [1.807, 2.05) is 0 Å². The van der Waals surface area contributed by atoms with Gasteiger partial charge in [0.2, 0.25) is 5.58 Å². The summed E-state index contributed by atoms with van der Waals surface area (Å²) < 4.78 is 31.9. The van der Waals surface area contributed by atoms with Gasteiger partial charge in [-0.3, -0.25) is 0 Å². The SMILES string of the molecule is Fc1cc(F)c2onc(N[C@@H]3CN4CCC3CC4)c2c1. The van der Waals surface area contributed by atoms with E-state index < -0.39 is 11.6 Å². The number of hydrogen-bond donors (Lipinski definition) is 1. The highest BCUT2D eigenvalue weighted by Gasteiger charge is 2.34. The number of aromatic nitrogens is 1. The van der Waals surface area contributed by atoms with Gasteiger partial charge in [0.1, 0.15) is 5.82 Å². The lowest BCUT2D eigenvalue weighted by molar-refractivity contribution is 0.0973. The molecule has 1 N–H and O–H groups in total. The van der Waals surface area contributed by atoms with Gasteiger partial charge in [-0.25, -0.2) is 8.78 Å². The van der Waals surface area contributed by atoms with E-state index in [2.05, 4.69) is 15.4 Å². The molecule has 2 bridgehead atoms. The fourth-order valence-electron chi connectivity index (χ4n) is 3.38. The number of nitrogens with zero attached hydrogens (tertiary/aromatic N) is 2. The first-order chi connectivity index (χ1) is 9.70. The Morgan fingerprint density at radius 3 is 2.75 bits per heavy atom. The Hall–Kier alpha value is -1.69. The summed E-state index contributed by atoms with van der Waals surface area (Å²) in [6.07, 6.45) is 2.33. The molecule has 106 valence electrons. The van der Waals surface area contributed by atoms with Gasteiger partial charge in [-0.1, -0.05) is 5.16 Å². The largest absolute Gasteiger partial charge is 0.362 e. The lowest BCUT2D eigenvalue weighted by Crippen LogP contribution is -2.53. The van der Waals surface area contributed by atoms with Gasteiger partial charge in [0.25, 0.3) is 0 Å². The van der Waals surface area contributed by atoms with Crippen molar-refractivity contribution in [2.45, 2.75) is 18.9 Å². The number of anilines is 1. The van der Waals surface area contributed by atoms with E-state index in [-0.39, 0.29) is 11.6 Å². The van der Waals surface area contributed by atoms with Gasteiger partial charge in [-0.2, -0.15) is 0 Å². The molecule has 0 saturated carbocycles. The second-order valence-corrected chi connectivity index (χ2v) is 5.68. The molecule has 1 aromatic carbocycles. The molecule has 0 unspecified atom stereocenters. The third-order valence-electron chi connectivity index (χ3n) is 4.47. The summed E-state index contributed by atoms with van der Waals surface area (Å²) in [6.45, 7) is 3.24. The molecular formula is C14H15F2N3O. The summed E-state index contributed by atoms with van der Waals surface area (Å²) >= 11 is 0. The molecule has 3 fully saturated rings. The molecule has 20 heavy (non-hydrogen) atoms. The van der Waals surface area contributed by atoms with Gasteiger partial charge < -0.3 is 14.7 Å². The van der Waals surface area contributed by atoms with Gasteiger partial charge in [0.15, 0.2) is 11.6 Å². The van der Waals surface area contributed by atoms with Crippen molar-refractivity contribution in [3.8, 4) is 0 Å². The van der Waals surface area contributed by atoms with E-state index in [4.69, 9.17) is 4.52 Å². The molecule has 0 radical (unpaired) electrons. The summed E-state index contributed by atoms with van der Waals surface area (Å²) in [5, 5.41) is 7.55. The monoisotopic (exact) mass is 279 g/mol. The zero-order valence-electron chi connectivity index (χ0n) is 10.9. The van der Waals surface area contributed by atoms with Crippen LogP contribution < -0.4 is 5.32 Å². The van der Waals surface area contributed by atoms with Crippen molar-refractivity contribution < 1.29 is 13.3 Å². The Kier molecular flexibility index (Phi) is 2.66. The topological polar surface area (TPSA) is 41.3 Å². The average Bonchev–Trinajstić information content (AvgIpc) is 2.84. The Bertz CT molecular complexity index is 649. The van der Waals surface area contributed by atoms with Crippen molar-refractivity contribution in [1.29, 1.82) is 0 Å². The third-order valence-corrected chi connectivity index (χ3v) is 4.47. The molecule has 0 amide bonds. The molecular weight excluding hydrogens is 264 g/mol. The quantitative estimate of drug-likeness (QED) is 0.917. The number of nitrogens with one attached hydrogen (secondary N) is 1. The van der Waals surface area contributed by atoms with Crippen LogP contribution in [0.15, 0.2) is 16.7 Å². The Morgan fingerprint density at radius 1 is 1.25 bits per heavy atom. The van der Waals surface area contributed by atoms with E-state index in [9.17, 15) is 8.78 Å². The van der Waals surface area contributed by atoms with Crippen LogP contribution in [-0.4, -0.2) is 35.7 Å². The number of hydrogen-bond acceptors (Lipinski definition) is 4. The molecule has 2 aromatic rings. The van der Waals surface area contributed by atoms with Crippen LogP contribution >= 0.6 is 0 Å². The first kappa shape index (κ1) is 12.1. The van der Waals surface area contributed by atoms with Gasteiger partial charge in [0, 0.05) is 18.7 Å². The van der Waals surface area contributed by atoms with Gasteiger partial charge in [-0.15, -0.1) is 0 Å². The molecule has 0 aliphatic carbocycles. The van der Waals surface area contributed by atoms with Gasteiger partial charge in [-0.05, 0) is 37.9 Å². The van der Waals surface area contributed by atoms with Crippen LogP contribution in [0.3, 0.4) is 0 Å². The number of halogens is 2. The summed E-state index contributed by atoms with van der Waals surface area (Å²) in [5.74, 6) is -0.285. The molecule has 1 aromatic heterocycles. The molecule has 1 atom stereocenters. The Balaban J connectivity index is 1.66. The summed E-state index contributed by atoms with van der Waals surface area (Å²) in [5.41, 5.74) is 0.00942. The van der Waals surface area contributed by atoms with E-state index >= 15 is 0 Å². The standard InChI is InChI=1S/C14H15F2N3O/c15-9-5-10-13(11(16)6-9)20-18-14(10)17-12-7-19-3-1-8(12)2-4-19/h5-6,8,12H,1-4,7H2,(H,17,18)/t12-/m1/s1. The van der Waals surface area contributed by atoms with Crippen LogP contribution in [0.25, 0.3) is 11.0 Å². The first-order valence-electron chi connectivity index (χ1n) is 6.94. The first-order valence-corrected chi connectivity index (χ1v) is 6.94. The van der Waals surface area contributed by atoms with Crippen LogP contribution in [-0.2, 0) is 0 Å². The fourth-order valence-corrected chi connectivity index (χ4v) is 3.38. The van der Waals surface area contributed by atoms with E-state index in [1.54, 1.807) is 0 Å². The number of piperidine rings is 3. The second-order valence-electron chi connectivity index (χ2n) is 5.68. The number of benzene rings is 1. The molecule has 5 rings (SSSR count). The highest BCUT2D eigenvalue weighted by molar-refractivity contribution is 5.88. The molecule has 3 saturated heterocycles. The molecule has 3 aliphatic heterocycles. The minimum atomic E-state index is -0.713. The Labute approximate surface area is 114 Å². The summed E-state index contributed by atoms with van der Waals surface area (Å²) in [4.78, 5) is 2.40. The van der Waals surface area contributed by atoms with E-state index in [1.165, 1.54) is 6.07 Å². The fraction of sp³-hybridized carbons (Fsp3) is 0.500. The lowest BCUT2D eigenvalue weighted by Gasteiger charge is -2.44. The average molecular weight is 279 g/mol. The highest BCUT2D eigenvalue weighted by atomic mass is 19.1. The number of fused-ring (bicyclic) bond motifs is 4. The lowest BCUT2D eigenvalue weighted by atomic mass is 9.84. The predicted octanol–water partition coefficient (Wildman–Crippen LogP) is 2.61. The minimum absolute atomic E-state index is 0.00942. The van der Waals surface area contributed by atoms with Crippen molar-refractivity contribution >= 4 is 16.8 Å². The number of rotatable bonds is 2. The van der Waals surface area contributed by atoms with Crippen LogP contribution in [0.1, 0.15) is 12.8 Å². The minimum Gasteiger partial charge on any atom is -0.362 e. The maximum atomic E-state index is 13.6. The smallest absolute Gasteiger partial charge is 0.204 e. The van der Waals surface area contributed by atoms with Crippen LogP contribution in [0, 0.1) is 17.6 Å². The Morgan fingerprint density at radius 2 is 2.05 bits per heavy atom. The summed E-state index contributed by atoms with van der Waals surface area (Å²) in [6, 6.07) is 2.35. The normalized spacial score (nSPS) is 29.0. The highest BCUT2D eigenvalue weighted by Crippen LogP contribution is 2.32. The molecule has 3 aliphatic rings. The van der Waals surface area contributed by atoms with Gasteiger partial charge >= 0.3 is 0 Å². The van der Waals surface area contributed by atoms with Crippen LogP contribution in [0.4, 0.5) is 14.6 Å². The van der Waals surface area contributed by atoms with Crippen molar-refractivity contribution in [3.63, 3.8) is 0 Å². The van der Waals surface area contributed by atoms with Crippen LogP contribution in [0.5, 0.6) is 0 Å². The molecule has 0 spiro atoms. The summed E-state index contributed by atoms with van der Waals surface area (Å²) in [7, 11) is 0. The zero-order chi connectivity index (χ0) is 13.7. The van der Waals surface area contributed by atoms with E-state index in [0.29, 0.717) is 17.1 Å². The van der Waals surface area contributed by atoms with E-state index in [0.717, 1.165) is 38.5 Å². The maximum Gasteiger partial charge on any atom is 0.204 e. The van der Waals surface area contributed by atoms with Crippen molar-refractivity contribution in [3.05, 3.63) is 23.8 Å². The second kappa shape index (κ2) is 4.41. The van der Waals surface area contributed by atoms with Gasteiger partial charge in [0.05, 0.1) is 5.39 Å². The third kappa shape index (κ3) is 1.86.